The summed E-state index contributed by atoms with van der Waals surface area (Å²) in [6, 6.07) is 8.08. The molecule has 0 radical (unpaired) electrons. The minimum Gasteiger partial charge on any atom is -0.461 e. The highest BCUT2D eigenvalue weighted by atomic mass is 79.9. The first-order valence-corrected chi connectivity index (χ1v) is 7.70. The van der Waals surface area contributed by atoms with Gasteiger partial charge in [0.25, 0.3) is 0 Å². The van der Waals surface area contributed by atoms with Crippen molar-refractivity contribution in [2.75, 3.05) is 6.61 Å². The molecule has 2 heterocycles. The van der Waals surface area contributed by atoms with E-state index in [1.165, 1.54) is 11.3 Å². The third-order valence-electron chi connectivity index (χ3n) is 2.75. The van der Waals surface area contributed by atoms with Crippen LogP contribution in [0.5, 0.6) is 0 Å². The Labute approximate surface area is 128 Å². The minimum absolute atomic E-state index is 0.346. The van der Waals surface area contributed by atoms with Crippen molar-refractivity contribution in [3.63, 3.8) is 0 Å². The van der Waals surface area contributed by atoms with Gasteiger partial charge in [-0.15, -0.1) is 0 Å². The van der Waals surface area contributed by atoms with Crippen molar-refractivity contribution in [2.45, 2.75) is 6.92 Å². The van der Waals surface area contributed by atoms with Crippen LogP contribution in [0.3, 0.4) is 0 Å². The van der Waals surface area contributed by atoms with Crippen LogP contribution in [0.2, 0.25) is 0 Å². The molecule has 1 aromatic carbocycles. The number of carbonyl (C=O) groups is 1. The number of aromatic nitrogens is 2. The van der Waals surface area contributed by atoms with E-state index >= 15 is 0 Å². The quantitative estimate of drug-likeness (QED) is 0.670. The monoisotopic (exact) mass is 350 g/mol. The molecule has 0 aliphatic heterocycles. The van der Waals surface area contributed by atoms with Crippen molar-refractivity contribution in [1.82, 2.24) is 9.38 Å². The lowest BCUT2D eigenvalue weighted by Crippen LogP contribution is -2.04. The largest absolute Gasteiger partial charge is 0.461 e. The molecular weight excluding hydrogens is 340 g/mol. The highest BCUT2D eigenvalue weighted by molar-refractivity contribution is 9.10. The number of hydrogen-bond acceptors (Lipinski definition) is 4. The average molecular weight is 351 g/mol. The molecule has 0 aliphatic carbocycles. The van der Waals surface area contributed by atoms with Gasteiger partial charge in [-0.1, -0.05) is 39.4 Å². The highest BCUT2D eigenvalue weighted by Gasteiger charge is 2.14. The molecule has 0 fully saturated rings. The third kappa shape index (κ3) is 2.48. The molecule has 4 nitrogen and oxygen atoms in total. The van der Waals surface area contributed by atoms with Gasteiger partial charge in [0.05, 0.1) is 11.5 Å². The predicted octanol–water partition coefficient (Wildman–Crippen LogP) is 4.00. The van der Waals surface area contributed by atoms with Crippen LogP contribution in [0.1, 0.15) is 17.4 Å². The Hall–Kier alpha value is -1.66. The summed E-state index contributed by atoms with van der Waals surface area (Å²) < 4.78 is 7.83. The molecule has 0 amide bonds. The fraction of sp³-hybridized carbons (Fsp3) is 0.143. The standard InChI is InChI=1S/C14H11BrN2O2S/c1-2-19-13(18)11-7-17-8-12(20-14(17)16-11)9-4-3-5-10(15)6-9/h3-8H,2H2,1H3. The van der Waals surface area contributed by atoms with Gasteiger partial charge >= 0.3 is 5.97 Å². The average Bonchev–Trinajstić information content (AvgIpc) is 2.97. The van der Waals surface area contributed by atoms with Crippen molar-refractivity contribution in [1.29, 1.82) is 0 Å². The lowest BCUT2D eigenvalue weighted by molar-refractivity contribution is 0.0520. The maximum atomic E-state index is 11.6. The van der Waals surface area contributed by atoms with Crippen LogP contribution in [0.4, 0.5) is 0 Å². The van der Waals surface area contributed by atoms with E-state index in [1.54, 1.807) is 13.1 Å². The molecule has 2 aromatic heterocycles. The van der Waals surface area contributed by atoms with Gasteiger partial charge in [0.2, 0.25) is 0 Å². The fourth-order valence-electron chi connectivity index (χ4n) is 1.87. The first-order valence-electron chi connectivity index (χ1n) is 6.09. The van der Waals surface area contributed by atoms with Crippen molar-refractivity contribution in [3.8, 4) is 10.4 Å². The number of ether oxygens (including phenoxy) is 1. The Kier molecular flexibility index (Phi) is 3.58. The summed E-state index contributed by atoms with van der Waals surface area (Å²) in [7, 11) is 0. The number of thiazole rings is 1. The summed E-state index contributed by atoms with van der Waals surface area (Å²) in [5.74, 6) is -0.382. The van der Waals surface area contributed by atoms with Gasteiger partial charge in [-0.25, -0.2) is 9.78 Å². The summed E-state index contributed by atoms with van der Waals surface area (Å²) in [5, 5.41) is 0. The summed E-state index contributed by atoms with van der Waals surface area (Å²) >= 11 is 5.00. The van der Waals surface area contributed by atoms with E-state index in [0.717, 1.165) is 19.9 Å². The maximum Gasteiger partial charge on any atom is 0.358 e. The second kappa shape index (κ2) is 5.38. The number of rotatable bonds is 3. The smallest absolute Gasteiger partial charge is 0.358 e. The number of benzene rings is 1. The number of halogens is 1. The third-order valence-corrected chi connectivity index (χ3v) is 4.29. The van der Waals surface area contributed by atoms with Gasteiger partial charge in [-0.2, -0.15) is 0 Å². The first kappa shape index (κ1) is 13.3. The Morgan fingerprint density at radius 1 is 1.45 bits per heavy atom. The molecule has 0 N–H and O–H groups in total. The van der Waals surface area contributed by atoms with Gasteiger partial charge in [0, 0.05) is 16.9 Å². The maximum absolute atomic E-state index is 11.6. The number of hydrogen-bond donors (Lipinski definition) is 0. The molecule has 3 rings (SSSR count). The summed E-state index contributed by atoms with van der Waals surface area (Å²) in [4.78, 5) is 17.8. The van der Waals surface area contributed by atoms with Crippen LogP contribution in [-0.4, -0.2) is 22.0 Å². The van der Waals surface area contributed by atoms with Gasteiger partial charge in [0.1, 0.15) is 0 Å². The molecule has 0 unspecified atom stereocenters. The second-order valence-corrected chi connectivity index (χ2v) is 6.07. The SMILES string of the molecule is CCOC(=O)c1cn2cc(-c3cccc(Br)c3)sc2n1. The number of esters is 1. The number of carbonyl (C=O) groups excluding carboxylic acids is 1. The van der Waals surface area contributed by atoms with Gasteiger partial charge in [0.15, 0.2) is 10.7 Å². The number of nitrogens with zero attached hydrogens (tertiary/aromatic N) is 2. The van der Waals surface area contributed by atoms with Gasteiger partial charge in [-0.05, 0) is 24.6 Å². The van der Waals surface area contributed by atoms with E-state index in [2.05, 4.69) is 27.0 Å². The molecule has 0 saturated carbocycles. The topological polar surface area (TPSA) is 43.6 Å². The van der Waals surface area contributed by atoms with Gasteiger partial charge < -0.3 is 4.74 Å². The molecule has 0 atom stereocenters. The molecule has 3 aromatic rings. The summed E-state index contributed by atoms with van der Waals surface area (Å²) in [6.07, 6.45) is 3.67. The van der Waals surface area contributed by atoms with E-state index in [-0.39, 0.29) is 5.97 Å². The molecular formula is C14H11BrN2O2S. The van der Waals surface area contributed by atoms with Crippen molar-refractivity contribution in [2.24, 2.45) is 0 Å². The van der Waals surface area contributed by atoms with E-state index in [1.807, 2.05) is 28.8 Å². The Bertz CT molecular complexity index is 747. The Morgan fingerprint density at radius 2 is 2.30 bits per heavy atom. The zero-order valence-corrected chi connectivity index (χ0v) is 13.1. The van der Waals surface area contributed by atoms with Crippen LogP contribution in [-0.2, 0) is 4.74 Å². The second-order valence-electron chi connectivity index (χ2n) is 4.14. The van der Waals surface area contributed by atoms with Crippen molar-refractivity contribution < 1.29 is 9.53 Å². The van der Waals surface area contributed by atoms with E-state index < -0.39 is 0 Å². The van der Waals surface area contributed by atoms with Gasteiger partial charge in [-0.3, -0.25) is 4.40 Å². The molecule has 0 saturated heterocycles. The summed E-state index contributed by atoms with van der Waals surface area (Å²) in [6.45, 7) is 2.13. The summed E-state index contributed by atoms with van der Waals surface area (Å²) in [5.41, 5.74) is 1.46. The van der Waals surface area contributed by atoms with Crippen molar-refractivity contribution >= 4 is 38.2 Å². The Balaban J connectivity index is 1.97. The lowest BCUT2D eigenvalue weighted by atomic mass is 10.2. The molecule has 102 valence electrons. The minimum atomic E-state index is -0.382. The number of imidazole rings is 1. The highest BCUT2D eigenvalue weighted by Crippen LogP contribution is 2.30. The molecule has 0 bridgehead atoms. The Morgan fingerprint density at radius 3 is 3.00 bits per heavy atom. The van der Waals surface area contributed by atoms with Crippen LogP contribution < -0.4 is 0 Å². The van der Waals surface area contributed by atoms with E-state index in [0.29, 0.717) is 12.3 Å². The number of fused-ring (bicyclic) bond motifs is 1. The molecule has 0 spiro atoms. The van der Waals surface area contributed by atoms with Crippen LogP contribution in [0, 0.1) is 0 Å². The zero-order chi connectivity index (χ0) is 14.1. The van der Waals surface area contributed by atoms with Crippen LogP contribution >= 0.6 is 27.3 Å². The van der Waals surface area contributed by atoms with E-state index in [4.69, 9.17) is 4.74 Å². The molecule has 20 heavy (non-hydrogen) atoms. The van der Waals surface area contributed by atoms with Crippen LogP contribution in [0.15, 0.2) is 41.1 Å². The first-order chi connectivity index (χ1) is 9.67. The predicted molar refractivity (Wildman–Crippen MR) is 82.2 cm³/mol. The van der Waals surface area contributed by atoms with Crippen molar-refractivity contribution in [3.05, 3.63) is 46.8 Å². The normalized spacial score (nSPS) is 10.9. The fourth-order valence-corrected chi connectivity index (χ4v) is 3.24. The molecule has 0 aliphatic rings. The molecule has 6 heteroatoms. The van der Waals surface area contributed by atoms with E-state index in [9.17, 15) is 4.79 Å². The lowest BCUT2D eigenvalue weighted by Gasteiger charge is -1.97. The zero-order valence-electron chi connectivity index (χ0n) is 10.7. The van der Waals surface area contributed by atoms with Crippen LogP contribution in [0.25, 0.3) is 15.4 Å².